The molecule has 3 rings (SSSR count). The lowest BCUT2D eigenvalue weighted by molar-refractivity contribution is 0.0692. The molecule has 6 nitrogen and oxygen atoms in total. The van der Waals surface area contributed by atoms with E-state index in [4.69, 9.17) is 0 Å². The predicted octanol–water partition coefficient (Wildman–Crippen LogP) is 3.03. The molecule has 1 heterocycles. The number of benzene rings is 2. The highest BCUT2D eigenvalue weighted by Crippen LogP contribution is 2.23. The number of nitrogens with zero attached hydrogens (tertiary/aromatic N) is 3. The van der Waals surface area contributed by atoms with E-state index in [0.29, 0.717) is 17.7 Å². The van der Waals surface area contributed by atoms with E-state index < -0.39 is 0 Å². The van der Waals surface area contributed by atoms with Gasteiger partial charge < -0.3 is 9.80 Å². The Kier molecular flexibility index (Phi) is 5.49. The van der Waals surface area contributed by atoms with Crippen LogP contribution < -0.4 is 4.90 Å². The largest absolute Gasteiger partial charge is 0.372 e. The average molecular weight is 379 g/mol. The number of carbonyl (C=O) groups is 3. The summed E-state index contributed by atoms with van der Waals surface area (Å²) in [5.74, 6) is -0.893. The second-order valence-electron chi connectivity index (χ2n) is 6.93. The van der Waals surface area contributed by atoms with Crippen LogP contribution >= 0.6 is 0 Å². The summed E-state index contributed by atoms with van der Waals surface area (Å²) in [6.07, 6.45) is 0. The van der Waals surface area contributed by atoms with Crippen LogP contribution in [-0.2, 0) is 6.54 Å². The summed E-state index contributed by atoms with van der Waals surface area (Å²) < 4.78 is 0. The lowest BCUT2D eigenvalue weighted by Gasteiger charge is -2.22. The number of carbonyl (C=O) groups excluding carboxylic acids is 3. The molecular formula is C22H25N3O3. The normalized spacial score (nSPS) is 12.9. The van der Waals surface area contributed by atoms with Gasteiger partial charge in [-0.25, -0.2) is 0 Å². The van der Waals surface area contributed by atoms with E-state index >= 15 is 0 Å². The molecule has 6 heteroatoms. The molecule has 1 aliphatic heterocycles. The van der Waals surface area contributed by atoms with Crippen LogP contribution in [0.4, 0.5) is 5.69 Å². The van der Waals surface area contributed by atoms with Crippen LogP contribution in [0.2, 0.25) is 0 Å². The van der Waals surface area contributed by atoms with Gasteiger partial charge in [0.25, 0.3) is 17.7 Å². The lowest BCUT2D eigenvalue weighted by atomic mass is 10.0. The van der Waals surface area contributed by atoms with Gasteiger partial charge in [-0.15, -0.1) is 0 Å². The fourth-order valence-electron chi connectivity index (χ4n) is 3.46. The number of imide groups is 1. The topological polar surface area (TPSA) is 60.9 Å². The second-order valence-corrected chi connectivity index (χ2v) is 6.93. The van der Waals surface area contributed by atoms with Crippen molar-refractivity contribution in [2.24, 2.45) is 0 Å². The minimum absolute atomic E-state index is 0.189. The third-order valence-corrected chi connectivity index (χ3v) is 5.17. The zero-order valence-electron chi connectivity index (χ0n) is 16.7. The quantitative estimate of drug-likeness (QED) is 0.724. The molecule has 3 amide bonds. The first-order valence-corrected chi connectivity index (χ1v) is 9.43. The first-order chi connectivity index (χ1) is 13.4. The zero-order valence-corrected chi connectivity index (χ0v) is 16.7. The maximum absolute atomic E-state index is 12.8. The standard InChI is InChI=1S/C22H25N3O3/c1-5-25(6-2)17-10-7-15(8-11-17)14-23(3)20(26)16-9-12-18-19(13-16)22(28)24(4)21(18)27/h7-13H,5-6,14H2,1-4H3. The minimum atomic E-state index is -0.371. The molecule has 2 aromatic rings. The molecule has 0 atom stereocenters. The Morgan fingerprint density at radius 3 is 2.14 bits per heavy atom. The molecule has 0 aromatic heterocycles. The molecule has 0 unspecified atom stereocenters. The van der Waals surface area contributed by atoms with E-state index in [9.17, 15) is 14.4 Å². The van der Waals surface area contributed by atoms with Crippen LogP contribution in [0.25, 0.3) is 0 Å². The van der Waals surface area contributed by atoms with Crippen LogP contribution in [0.5, 0.6) is 0 Å². The van der Waals surface area contributed by atoms with Crippen molar-refractivity contribution in [1.82, 2.24) is 9.80 Å². The van der Waals surface area contributed by atoms with Gasteiger partial charge in [-0.2, -0.15) is 0 Å². The van der Waals surface area contributed by atoms with Crippen molar-refractivity contribution < 1.29 is 14.4 Å². The van der Waals surface area contributed by atoms with Gasteiger partial charge in [0.15, 0.2) is 0 Å². The summed E-state index contributed by atoms with van der Waals surface area (Å²) in [7, 11) is 3.17. The monoisotopic (exact) mass is 379 g/mol. The highest BCUT2D eigenvalue weighted by Gasteiger charge is 2.33. The van der Waals surface area contributed by atoms with Crippen LogP contribution in [0, 0.1) is 0 Å². The molecule has 28 heavy (non-hydrogen) atoms. The van der Waals surface area contributed by atoms with Gasteiger partial charge in [-0.3, -0.25) is 19.3 Å². The summed E-state index contributed by atoms with van der Waals surface area (Å²) in [5, 5.41) is 0. The molecule has 0 fully saturated rings. The number of amides is 3. The Morgan fingerprint density at radius 2 is 1.54 bits per heavy atom. The summed E-state index contributed by atoms with van der Waals surface area (Å²) in [4.78, 5) is 41.9. The molecule has 0 aliphatic carbocycles. The van der Waals surface area contributed by atoms with Crippen molar-refractivity contribution in [2.45, 2.75) is 20.4 Å². The van der Waals surface area contributed by atoms with Gasteiger partial charge in [0, 0.05) is 45.0 Å². The number of fused-ring (bicyclic) bond motifs is 1. The molecule has 0 N–H and O–H groups in total. The number of rotatable bonds is 6. The van der Waals surface area contributed by atoms with Gasteiger partial charge >= 0.3 is 0 Å². The molecule has 0 saturated heterocycles. The van der Waals surface area contributed by atoms with E-state index in [2.05, 4.69) is 30.9 Å². The zero-order chi connectivity index (χ0) is 20.4. The number of hydrogen-bond acceptors (Lipinski definition) is 4. The van der Waals surface area contributed by atoms with Crippen molar-refractivity contribution in [3.63, 3.8) is 0 Å². The Balaban J connectivity index is 1.74. The Hall–Kier alpha value is -3.15. The maximum atomic E-state index is 12.8. The van der Waals surface area contributed by atoms with Crippen LogP contribution in [-0.4, -0.2) is 54.7 Å². The Bertz CT molecular complexity index is 917. The Labute approximate surface area is 165 Å². The fraction of sp³-hybridized carbons (Fsp3) is 0.318. The predicted molar refractivity (Wildman–Crippen MR) is 109 cm³/mol. The van der Waals surface area contributed by atoms with E-state index in [0.717, 1.165) is 29.2 Å². The third-order valence-electron chi connectivity index (χ3n) is 5.17. The molecule has 1 aliphatic rings. The van der Waals surface area contributed by atoms with Gasteiger partial charge in [0.05, 0.1) is 11.1 Å². The molecule has 0 spiro atoms. The highest BCUT2D eigenvalue weighted by atomic mass is 16.2. The van der Waals surface area contributed by atoms with Crippen LogP contribution in [0.1, 0.15) is 50.5 Å². The molecule has 0 saturated carbocycles. The molecule has 146 valence electrons. The van der Waals surface area contributed by atoms with Crippen LogP contribution in [0.15, 0.2) is 42.5 Å². The number of hydrogen-bond donors (Lipinski definition) is 0. The van der Waals surface area contributed by atoms with Crippen molar-refractivity contribution >= 4 is 23.4 Å². The Morgan fingerprint density at radius 1 is 0.929 bits per heavy atom. The highest BCUT2D eigenvalue weighted by molar-refractivity contribution is 6.21. The number of anilines is 1. The first-order valence-electron chi connectivity index (χ1n) is 9.43. The van der Waals surface area contributed by atoms with Gasteiger partial charge in [0.1, 0.15) is 0 Å². The molecular weight excluding hydrogens is 354 g/mol. The van der Waals surface area contributed by atoms with E-state index in [-0.39, 0.29) is 23.3 Å². The van der Waals surface area contributed by atoms with E-state index in [1.54, 1.807) is 24.1 Å². The summed E-state index contributed by atoms with van der Waals surface area (Å²) in [6.45, 7) is 6.60. The smallest absolute Gasteiger partial charge is 0.261 e. The molecule has 2 aromatic carbocycles. The molecule has 0 radical (unpaired) electrons. The summed E-state index contributed by atoms with van der Waals surface area (Å²) in [6, 6.07) is 12.9. The fourth-order valence-corrected chi connectivity index (χ4v) is 3.46. The van der Waals surface area contributed by atoms with E-state index in [1.807, 2.05) is 12.1 Å². The van der Waals surface area contributed by atoms with Crippen molar-refractivity contribution in [3.05, 3.63) is 64.7 Å². The first kappa shape index (κ1) is 19.6. The van der Waals surface area contributed by atoms with Gasteiger partial charge in [0.2, 0.25) is 0 Å². The second kappa shape index (κ2) is 7.84. The summed E-state index contributed by atoms with van der Waals surface area (Å²) in [5.41, 5.74) is 3.22. The SMILES string of the molecule is CCN(CC)c1ccc(CN(C)C(=O)c2ccc3c(c2)C(=O)N(C)C3=O)cc1. The van der Waals surface area contributed by atoms with E-state index in [1.165, 1.54) is 13.1 Å². The van der Waals surface area contributed by atoms with Crippen molar-refractivity contribution in [1.29, 1.82) is 0 Å². The van der Waals surface area contributed by atoms with Crippen molar-refractivity contribution in [2.75, 3.05) is 32.1 Å². The third kappa shape index (κ3) is 3.50. The minimum Gasteiger partial charge on any atom is -0.372 e. The molecule has 0 bridgehead atoms. The van der Waals surface area contributed by atoms with Crippen LogP contribution in [0.3, 0.4) is 0 Å². The summed E-state index contributed by atoms with van der Waals surface area (Å²) >= 11 is 0. The van der Waals surface area contributed by atoms with Gasteiger partial charge in [-0.05, 0) is 49.7 Å². The van der Waals surface area contributed by atoms with Crippen molar-refractivity contribution in [3.8, 4) is 0 Å². The van der Waals surface area contributed by atoms with Gasteiger partial charge in [-0.1, -0.05) is 12.1 Å². The lowest BCUT2D eigenvalue weighted by Crippen LogP contribution is -2.26. The maximum Gasteiger partial charge on any atom is 0.261 e. The average Bonchev–Trinajstić information content (AvgIpc) is 2.93.